The summed E-state index contributed by atoms with van der Waals surface area (Å²) in [5.41, 5.74) is 1.07. The molecule has 0 aromatic carbocycles. The van der Waals surface area contributed by atoms with Crippen LogP contribution >= 0.6 is 0 Å². The number of ether oxygens (including phenoxy) is 2. The molecule has 0 amide bonds. The highest BCUT2D eigenvalue weighted by molar-refractivity contribution is 5.88. The van der Waals surface area contributed by atoms with Crippen LogP contribution in [0.1, 0.15) is 16.1 Å². The fourth-order valence-corrected chi connectivity index (χ4v) is 1.21. The molecule has 0 aliphatic heterocycles. The van der Waals surface area contributed by atoms with E-state index in [-0.39, 0.29) is 0 Å². The van der Waals surface area contributed by atoms with Gasteiger partial charge < -0.3 is 14.8 Å². The Hall–Kier alpha value is -1.62. The number of methoxy groups -OCH3 is 1. The second kappa shape index (κ2) is 6.07. The third kappa shape index (κ3) is 3.20. The predicted octanol–water partition coefficient (Wildman–Crippen LogP) is 0.775. The Kier molecular flexibility index (Phi) is 4.72. The maximum absolute atomic E-state index is 11.3. The molecule has 0 fully saturated rings. The van der Waals surface area contributed by atoms with Gasteiger partial charge in [0.2, 0.25) is 0 Å². The molecule has 88 valence electrons. The number of aryl methyl sites for hydroxylation is 1. The lowest BCUT2D eigenvalue weighted by atomic mass is 10.2. The molecule has 0 atom stereocenters. The molecule has 5 heteroatoms. The zero-order chi connectivity index (χ0) is 12.0. The first kappa shape index (κ1) is 12.4. The summed E-state index contributed by atoms with van der Waals surface area (Å²) in [6.45, 7) is 3.12. The monoisotopic (exact) mass is 224 g/mol. The Labute approximate surface area is 94.8 Å². The maximum Gasteiger partial charge on any atom is 0.356 e. The van der Waals surface area contributed by atoms with Crippen molar-refractivity contribution in [1.82, 2.24) is 10.3 Å². The molecule has 16 heavy (non-hydrogen) atoms. The highest BCUT2D eigenvalue weighted by Gasteiger charge is 2.11. The van der Waals surface area contributed by atoms with E-state index in [9.17, 15) is 4.79 Å². The normalized spacial score (nSPS) is 9.94. The minimum atomic E-state index is -0.431. The van der Waals surface area contributed by atoms with Crippen LogP contribution in [0.15, 0.2) is 12.3 Å². The number of hydrogen-bond donors (Lipinski definition) is 1. The minimum Gasteiger partial charge on any atom is -0.491 e. The fraction of sp³-hybridized carbons (Fsp3) is 0.455. The van der Waals surface area contributed by atoms with E-state index in [0.29, 0.717) is 18.1 Å². The lowest BCUT2D eigenvalue weighted by molar-refractivity contribution is 0.0593. The van der Waals surface area contributed by atoms with E-state index in [1.165, 1.54) is 13.3 Å². The first-order chi connectivity index (χ1) is 7.69. The third-order valence-corrected chi connectivity index (χ3v) is 2.05. The van der Waals surface area contributed by atoms with Crippen molar-refractivity contribution in [3.8, 4) is 5.75 Å². The molecule has 0 bridgehead atoms. The Balaban J connectivity index is 2.71. The number of rotatable bonds is 5. The molecule has 1 aromatic heterocycles. The van der Waals surface area contributed by atoms with Gasteiger partial charge in [-0.1, -0.05) is 0 Å². The van der Waals surface area contributed by atoms with Crippen LogP contribution in [0.5, 0.6) is 5.75 Å². The van der Waals surface area contributed by atoms with E-state index in [4.69, 9.17) is 4.74 Å². The molecular weight excluding hydrogens is 208 g/mol. The first-order valence-electron chi connectivity index (χ1n) is 5.01. The quantitative estimate of drug-likeness (QED) is 0.591. The van der Waals surface area contributed by atoms with Crippen molar-refractivity contribution >= 4 is 5.97 Å². The standard InChI is InChI=1S/C11H16N2O3/c1-8-6-9(16-5-4-12-2)7-13-10(8)11(14)15-3/h6-7,12H,4-5H2,1-3H3. The zero-order valence-corrected chi connectivity index (χ0v) is 9.74. The SMILES string of the molecule is CNCCOc1cnc(C(=O)OC)c(C)c1. The number of carbonyl (C=O) groups excluding carboxylic acids is 1. The summed E-state index contributed by atoms with van der Waals surface area (Å²) in [5.74, 6) is 0.222. The molecule has 0 saturated heterocycles. The van der Waals surface area contributed by atoms with Crippen LogP contribution in [0.4, 0.5) is 0 Å². The summed E-state index contributed by atoms with van der Waals surface area (Å²) in [7, 11) is 3.19. The Morgan fingerprint density at radius 3 is 2.88 bits per heavy atom. The van der Waals surface area contributed by atoms with E-state index in [1.54, 1.807) is 13.0 Å². The van der Waals surface area contributed by atoms with Gasteiger partial charge in [0.15, 0.2) is 5.69 Å². The molecule has 0 aliphatic carbocycles. The molecule has 5 nitrogen and oxygen atoms in total. The van der Waals surface area contributed by atoms with Crippen molar-refractivity contribution in [2.75, 3.05) is 27.3 Å². The van der Waals surface area contributed by atoms with Crippen molar-refractivity contribution in [2.24, 2.45) is 0 Å². The van der Waals surface area contributed by atoms with Crippen LogP contribution < -0.4 is 10.1 Å². The number of likely N-dealkylation sites (N-methyl/N-ethyl adjacent to an activating group) is 1. The summed E-state index contributed by atoms with van der Waals surface area (Å²) < 4.78 is 10.0. The molecule has 0 spiro atoms. The Bertz CT molecular complexity index is 366. The molecule has 1 N–H and O–H groups in total. The van der Waals surface area contributed by atoms with Gasteiger partial charge in [0.25, 0.3) is 0 Å². The van der Waals surface area contributed by atoms with Gasteiger partial charge in [0, 0.05) is 6.54 Å². The molecular formula is C11H16N2O3. The lowest BCUT2D eigenvalue weighted by Crippen LogP contribution is -2.16. The Morgan fingerprint density at radius 1 is 1.56 bits per heavy atom. The molecule has 0 radical (unpaired) electrons. The van der Waals surface area contributed by atoms with Crippen LogP contribution in [0.3, 0.4) is 0 Å². The van der Waals surface area contributed by atoms with E-state index in [2.05, 4.69) is 15.0 Å². The van der Waals surface area contributed by atoms with Gasteiger partial charge in [-0.15, -0.1) is 0 Å². The predicted molar refractivity (Wildman–Crippen MR) is 59.7 cm³/mol. The molecule has 0 saturated carbocycles. The second-order valence-electron chi connectivity index (χ2n) is 3.28. The van der Waals surface area contributed by atoms with Crippen LogP contribution in [0.25, 0.3) is 0 Å². The van der Waals surface area contributed by atoms with Crippen molar-refractivity contribution in [3.63, 3.8) is 0 Å². The van der Waals surface area contributed by atoms with Gasteiger partial charge >= 0.3 is 5.97 Å². The zero-order valence-electron chi connectivity index (χ0n) is 9.74. The van der Waals surface area contributed by atoms with E-state index < -0.39 is 5.97 Å². The number of esters is 1. The van der Waals surface area contributed by atoms with Crippen molar-refractivity contribution in [2.45, 2.75) is 6.92 Å². The van der Waals surface area contributed by atoms with Gasteiger partial charge in [-0.05, 0) is 25.6 Å². The number of aromatic nitrogens is 1. The molecule has 1 heterocycles. The summed E-state index contributed by atoms with van der Waals surface area (Å²) in [5, 5.41) is 2.97. The molecule has 0 unspecified atom stereocenters. The average Bonchev–Trinajstić information content (AvgIpc) is 2.29. The van der Waals surface area contributed by atoms with Crippen LogP contribution in [-0.2, 0) is 4.74 Å². The number of pyridine rings is 1. The summed E-state index contributed by atoms with van der Waals surface area (Å²) in [4.78, 5) is 15.3. The Morgan fingerprint density at radius 2 is 2.31 bits per heavy atom. The fourth-order valence-electron chi connectivity index (χ4n) is 1.21. The lowest BCUT2D eigenvalue weighted by Gasteiger charge is -2.08. The maximum atomic E-state index is 11.3. The van der Waals surface area contributed by atoms with Gasteiger partial charge in [0.05, 0.1) is 13.3 Å². The van der Waals surface area contributed by atoms with E-state index in [1.807, 2.05) is 7.05 Å². The number of carbonyl (C=O) groups is 1. The molecule has 0 aliphatic rings. The minimum absolute atomic E-state index is 0.323. The van der Waals surface area contributed by atoms with Crippen LogP contribution in [0.2, 0.25) is 0 Å². The van der Waals surface area contributed by atoms with Crippen LogP contribution in [0, 0.1) is 6.92 Å². The van der Waals surface area contributed by atoms with Gasteiger partial charge in [-0.3, -0.25) is 0 Å². The summed E-state index contributed by atoms with van der Waals surface area (Å²) in [6, 6.07) is 1.77. The summed E-state index contributed by atoms with van der Waals surface area (Å²) in [6.07, 6.45) is 1.52. The smallest absolute Gasteiger partial charge is 0.356 e. The molecule has 1 rings (SSSR count). The number of hydrogen-bond acceptors (Lipinski definition) is 5. The third-order valence-electron chi connectivity index (χ3n) is 2.05. The number of nitrogens with one attached hydrogen (secondary N) is 1. The largest absolute Gasteiger partial charge is 0.491 e. The summed E-state index contributed by atoms with van der Waals surface area (Å²) >= 11 is 0. The topological polar surface area (TPSA) is 60.5 Å². The van der Waals surface area contributed by atoms with Crippen molar-refractivity contribution < 1.29 is 14.3 Å². The molecule has 1 aromatic rings. The van der Waals surface area contributed by atoms with Crippen molar-refractivity contribution in [1.29, 1.82) is 0 Å². The first-order valence-corrected chi connectivity index (χ1v) is 5.01. The highest BCUT2D eigenvalue weighted by atomic mass is 16.5. The van der Waals surface area contributed by atoms with Crippen LogP contribution in [-0.4, -0.2) is 38.3 Å². The highest BCUT2D eigenvalue weighted by Crippen LogP contribution is 2.14. The van der Waals surface area contributed by atoms with E-state index >= 15 is 0 Å². The van der Waals surface area contributed by atoms with Gasteiger partial charge in [0.1, 0.15) is 12.4 Å². The second-order valence-corrected chi connectivity index (χ2v) is 3.28. The number of nitrogens with zero attached hydrogens (tertiary/aromatic N) is 1. The van der Waals surface area contributed by atoms with Crippen molar-refractivity contribution in [3.05, 3.63) is 23.5 Å². The van der Waals surface area contributed by atoms with Gasteiger partial charge in [-0.25, -0.2) is 9.78 Å². The average molecular weight is 224 g/mol. The van der Waals surface area contributed by atoms with Gasteiger partial charge in [-0.2, -0.15) is 0 Å². The van der Waals surface area contributed by atoms with E-state index in [0.717, 1.165) is 12.1 Å².